The van der Waals surface area contributed by atoms with Crippen LogP contribution in [0.5, 0.6) is 0 Å². The number of methoxy groups -OCH3 is 1. The molecule has 2 aromatic heterocycles. The van der Waals surface area contributed by atoms with Crippen molar-refractivity contribution < 1.29 is 22.5 Å². The molecule has 2 aliphatic heterocycles. The van der Waals surface area contributed by atoms with E-state index in [0.29, 0.717) is 35.5 Å². The Morgan fingerprint density at radius 1 is 1.16 bits per heavy atom. The van der Waals surface area contributed by atoms with Gasteiger partial charge in [-0.05, 0) is 91.3 Å². The Balaban J connectivity index is 1.37. The fourth-order valence-corrected chi connectivity index (χ4v) is 7.06. The van der Waals surface area contributed by atoms with Crippen molar-refractivity contribution in [1.82, 2.24) is 13.9 Å². The lowest BCUT2D eigenvalue weighted by Crippen LogP contribution is -2.39. The number of ether oxygens (including phenoxy) is 1. The fourth-order valence-electron chi connectivity index (χ4n) is 7.06. The van der Waals surface area contributed by atoms with Crippen molar-refractivity contribution in [2.75, 3.05) is 27.2 Å². The zero-order valence-corrected chi connectivity index (χ0v) is 25.1. The number of benzene rings is 1. The average Bonchev–Trinajstić information content (AvgIpc) is 3.51. The Labute approximate surface area is 249 Å². The molecule has 229 valence electrons. The largest absolute Gasteiger partial charge is 0.418 e. The summed E-state index contributed by atoms with van der Waals surface area (Å²) in [5.74, 6) is 1.15. The van der Waals surface area contributed by atoms with Gasteiger partial charge in [-0.3, -0.25) is 13.9 Å². The first-order chi connectivity index (χ1) is 20.5. The Hall–Kier alpha value is -3.31. The van der Waals surface area contributed by atoms with Crippen LogP contribution in [0.3, 0.4) is 0 Å². The molecule has 8 nitrogen and oxygen atoms in total. The van der Waals surface area contributed by atoms with Crippen molar-refractivity contribution in [2.45, 2.75) is 64.3 Å². The van der Waals surface area contributed by atoms with Crippen LogP contribution < -0.4 is 5.69 Å². The van der Waals surface area contributed by atoms with Gasteiger partial charge in [-0.25, -0.2) is 9.37 Å². The molecule has 2 fully saturated rings. The highest BCUT2D eigenvalue weighted by Crippen LogP contribution is 2.50. The zero-order valence-electron chi connectivity index (χ0n) is 25.1. The summed E-state index contributed by atoms with van der Waals surface area (Å²) in [6.45, 7) is 6.29. The molecule has 3 aromatic rings. The summed E-state index contributed by atoms with van der Waals surface area (Å²) in [5.41, 5.74) is 0.457. The van der Waals surface area contributed by atoms with E-state index in [4.69, 9.17) is 4.74 Å². The molecule has 3 aliphatic rings. The predicted molar refractivity (Wildman–Crippen MR) is 157 cm³/mol. The highest BCUT2D eigenvalue weighted by atomic mass is 19.4. The maximum absolute atomic E-state index is 14.3. The molecule has 11 heteroatoms. The summed E-state index contributed by atoms with van der Waals surface area (Å²) in [6, 6.07) is 8.71. The van der Waals surface area contributed by atoms with Gasteiger partial charge in [0.25, 0.3) is 0 Å². The lowest BCUT2D eigenvalue weighted by molar-refractivity contribution is -0.480. The molecular weight excluding hydrogens is 557 g/mol. The van der Waals surface area contributed by atoms with E-state index in [9.17, 15) is 18.0 Å². The third-order valence-corrected chi connectivity index (χ3v) is 9.53. The molecule has 0 N–H and O–H groups in total. The number of alkyl halides is 3. The predicted octanol–water partition coefficient (Wildman–Crippen LogP) is 6.11. The zero-order chi connectivity index (χ0) is 30.5. The van der Waals surface area contributed by atoms with E-state index >= 15 is 0 Å². The molecule has 1 aliphatic carbocycles. The van der Waals surface area contributed by atoms with Crippen molar-refractivity contribution in [3.8, 4) is 5.69 Å². The van der Waals surface area contributed by atoms with E-state index in [1.165, 1.54) is 16.8 Å². The summed E-state index contributed by atoms with van der Waals surface area (Å²) in [5, 5.41) is 8.53. The molecule has 1 radical (unpaired) electrons. The molecule has 1 saturated heterocycles. The number of hydrogen-bond acceptors (Lipinski definition) is 5. The van der Waals surface area contributed by atoms with Crippen LogP contribution >= 0.6 is 0 Å². The quantitative estimate of drug-likeness (QED) is 0.295. The Morgan fingerprint density at radius 2 is 1.95 bits per heavy atom. The first kappa shape index (κ1) is 29.7. The van der Waals surface area contributed by atoms with E-state index in [1.54, 1.807) is 25.7 Å². The molecule has 0 amide bonds. The van der Waals surface area contributed by atoms with Gasteiger partial charge in [0, 0.05) is 32.6 Å². The number of nitrogens with zero attached hydrogens (tertiary/aromatic N) is 6. The molecule has 1 saturated carbocycles. The molecule has 1 aromatic carbocycles. The number of halogens is 3. The highest BCUT2D eigenvalue weighted by molar-refractivity contribution is 5.58. The lowest BCUT2D eigenvalue weighted by atomic mass is 9.64. The number of azo groups is 1. The summed E-state index contributed by atoms with van der Waals surface area (Å²) < 4.78 is 52.9. The molecule has 43 heavy (non-hydrogen) atoms. The number of likely N-dealkylation sites (N-methyl/N-ethyl adjacent to an activating group) is 1. The van der Waals surface area contributed by atoms with Gasteiger partial charge in [0.05, 0.1) is 41.0 Å². The average molecular weight is 597 g/mol. The number of pyridine rings is 1. The molecule has 0 spiro atoms. The Kier molecular flexibility index (Phi) is 8.06. The third kappa shape index (κ3) is 5.81. The van der Waals surface area contributed by atoms with Crippen LogP contribution in [-0.2, 0) is 17.5 Å². The monoisotopic (exact) mass is 596 g/mol. The van der Waals surface area contributed by atoms with Crippen LogP contribution in [0.2, 0.25) is 0 Å². The topological polar surface area (TPSA) is 66.6 Å². The number of hydrogen-bond donors (Lipinski definition) is 0. The van der Waals surface area contributed by atoms with Crippen molar-refractivity contribution in [1.29, 1.82) is 0 Å². The van der Waals surface area contributed by atoms with E-state index in [1.807, 2.05) is 29.8 Å². The second-order valence-electron chi connectivity index (χ2n) is 12.6. The maximum Gasteiger partial charge on any atom is 0.418 e. The van der Waals surface area contributed by atoms with E-state index < -0.39 is 17.4 Å². The van der Waals surface area contributed by atoms with Crippen LogP contribution in [0.1, 0.15) is 62.1 Å². The van der Waals surface area contributed by atoms with Gasteiger partial charge in [0.2, 0.25) is 0 Å². The first-order valence-electron chi connectivity index (χ1n) is 15.1. The molecule has 1 unspecified atom stereocenters. The molecule has 3 atom stereocenters. The smallest absolute Gasteiger partial charge is 0.381 e. The van der Waals surface area contributed by atoms with E-state index in [0.717, 1.165) is 54.9 Å². The summed E-state index contributed by atoms with van der Waals surface area (Å²) in [4.78, 5) is 15.9. The lowest BCUT2D eigenvalue weighted by Gasteiger charge is -2.42. The number of fused-ring (bicyclic) bond motifs is 1. The minimum absolute atomic E-state index is 0.0789. The maximum atomic E-state index is 14.3. The summed E-state index contributed by atoms with van der Waals surface area (Å²) >= 11 is 0. The minimum atomic E-state index is -4.60. The standard InChI is InChI=1S/C32H39F3N6O2/c1-20-7-6-10-39(15-20)16-22-11-27(32(33,34)35)28-18-40(31(42)41(28)17-22)26-9-5-8-23(14-26)29(30-37-36-19-38(30)3)25-12-24(13-25)21(2)43-4/h5,8-9,11,14,17-21,24-25,29H,6-7,10,12-13,15-16H2,1-4H3/q+1/t20-,21?,24?,25?,29+/m0/s1. The Morgan fingerprint density at radius 3 is 2.63 bits per heavy atom. The van der Waals surface area contributed by atoms with Crippen molar-refractivity contribution in [3.63, 3.8) is 0 Å². The van der Waals surface area contributed by atoms with Crippen molar-refractivity contribution >= 4 is 11.9 Å². The van der Waals surface area contributed by atoms with Crippen molar-refractivity contribution in [3.05, 3.63) is 76.1 Å². The molecule has 0 bridgehead atoms. The van der Waals surface area contributed by atoms with Gasteiger partial charge in [-0.15, -0.1) is 0 Å². The minimum Gasteiger partial charge on any atom is -0.381 e. The van der Waals surface area contributed by atoms with Gasteiger partial charge >= 0.3 is 24.4 Å². The normalized spacial score (nSPS) is 24.7. The van der Waals surface area contributed by atoms with Crippen LogP contribution in [-0.4, -0.2) is 58.1 Å². The number of aromatic nitrogens is 2. The fraction of sp³-hybridized carbons (Fsp3) is 0.531. The van der Waals surface area contributed by atoms with Crippen LogP contribution in [0.4, 0.5) is 13.2 Å². The first-order valence-corrected chi connectivity index (χ1v) is 15.1. The Bertz CT molecular complexity index is 1600. The van der Waals surface area contributed by atoms with Crippen molar-refractivity contribution in [2.24, 2.45) is 28.0 Å². The number of likely N-dealkylation sites (tertiary alicyclic amines) is 1. The number of rotatable bonds is 8. The van der Waals surface area contributed by atoms with E-state index in [2.05, 4.69) is 29.0 Å². The van der Waals surface area contributed by atoms with Crippen LogP contribution in [0.25, 0.3) is 11.2 Å². The highest BCUT2D eigenvalue weighted by Gasteiger charge is 2.46. The van der Waals surface area contributed by atoms with Gasteiger partial charge in [0.1, 0.15) is 0 Å². The SMILES string of the molecule is COC(C)C1CC([C@H]([C]2N=NC=[N+]2C)c2cccc(-n3cc4c(C(F)(F)F)cc(CN5CCC[C@H](C)C5)cn4c3=O)c2)C1. The van der Waals surface area contributed by atoms with E-state index in [-0.39, 0.29) is 17.5 Å². The molecule has 6 rings (SSSR count). The summed E-state index contributed by atoms with van der Waals surface area (Å²) in [7, 11) is 3.63. The second kappa shape index (κ2) is 11.6. The van der Waals surface area contributed by atoms with Gasteiger partial charge in [-0.1, -0.05) is 19.1 Å². The molecule has 4 heterocycles. The second-order valence-corrected chi connectivity index (χ2v) is 12.6. The molecular formula is C32H39F3N6O2+. The summed E-state index contributed by atoms with van der Waals surface area (Å²) in [6.07, 6.45) is 4.98. The number of imidazole rings is 1. The number of piperidine rings is 1. The van der Waals surface area contributed by atoms with Gasteiger partial charge in [-0.2, -0.15) is 13.2 Å². The van der Waals surface area contributed by atoms with Crippen LogP contribution in [0.15, 0.2) is 57.7 Å². The van der Waals surface area contributed by atoms with Gasteiger partial charge < -0.3 is 4.74 Å². The van der Waals surface area contributed by atoms with Gasteiger partial charge in [0.15, 0.2) is 0 Å². The third-order valence-electron chi connectivity index (χ3n) is 9.53. The van der Waals surface area contributed by atoms with Crippen LogP contribution in [0, 0.1) is 23.9 Å².